The lowest BCUT2D eigenvalue weighted by Crippen LogP contribution is -2.15. The van der Waals surface area contributed by atoms with Crippen LogP contribution in [0.3, 0.4) is 0 Å². The van der Waals surface area contributed by atoms with Gasteiger partial charge in [-0.15, -0.1) is 0 Å². The fourth-order valence-corrected chi connectivity index (χ4v) is 3.09. The largest absolute Gasteiger partial charge is 0.486 e. The maximum atomic E-state index is 6.04. The summed E-state index contributed by atoms with van der Waals surface area (Å²) in [5.41, 5.74) is 7.22. The maximum absolute atomic E-state index is 6.04. The van der Waals surface area contributed by atoms with Gasteiger partial charge in [-0.1, -0.05) is 30.8 Å². The molecule has 1 aliphatic rings. The summed E-state index contributed by atoms with van der Waals surface area (Å²) in [6.07, 6.45) is 0.953. The molecule has 0 saturated heterocycles. The third-order valence-electron chi connectivity index (χ3n) is 3.50. The maximum Gasteiger partial charge on any atom is 0.162 e. The first-order chi connectivity index (χ1) is 10.3. The van der Waals surface area contributed by atoms with Gasteiger partial charge in [-0.3, -0.25) is 0 Å². The zero-order valence-electron chi connectivity index (χ0n) is 12.0. The highest BCUT2D eigenvalue weighted by Crippen LogP contribution is 2.37. The number of nitrogens with two attached hydrogens (primary N) is 1. The van der Waals surface area contributed by atoms with Crippen LogP contribution in [0.25, 0.3) is 0 Å². The van der Waals surface area contributed by atoms with Crippen molar-refractivity contribution in [3.63, 3.8) is 0 Å². The van der Waals surface area contributed by atoms with Gasteiger partial charge in [-0.05, 0) is 42.3 Å². The molecule has 0 aliphatic carbocycles. The summed E-state index contributed by atoms with van der Waals surface area (Å²) in [7, 11) is 0. The topological polar surface area (TPSA) is 44.5 Å². The number of rotatable bonds is 4. The van der Waals surface area contributed by atoms with Gasteiger partial charge >= 0.3 is 0 Å². The Labute approximate surface area is 129 Å². The van der Waals surface area contributed by atoms with E-state index in [1.54, 1.807) is 11.8 Å². The van der Waals surface area contributed by atoms with Crippen molar-refractivity contribution in [1.82, 2.24) is 0 Å². The molecule has 21 heavy (non-hydrogen) atoms. The normalized spacial score (nSPS) is 14.8. The summed E-state index contributed by atoms with van der Waals surface area (Å²) in [5.74, 6) is 1.66. The average Bonchev–Trinajstić information content (AvgIpc) is 2.55. The van der Waals surface area contributed by atoms with E-state index in [1.165, 1.54) is 10.5 Å². The Morgan fingerprint density at radius 3 is 2.38 bits per heavy atom. The van der Waals surface area contributed by atoms with Crippen LogP contribution in [0.15, 0.2) is 52.3 Å². The first kappa shape index (κ1) is 14.3. The number of fused-ring (bicyclic) bond motifs is 1. The molecule has 0 unspecified atom stereocenters. The summed E-state index contributed by atoms with van der Waals surface area (Å²) < 4.78 is 11.1. The van der Waals surface area contributed by atoms with Crippen molar-refractivity contribution < 1.29 is 9.47 Å². The lowest BCUT2D eigenvalue weighted by molar-refractivity contribution is 0.171. The Morgan fingerprint density at radius 2 is 1.67 bits per heavy atom. The quantitative estimate of drug-likeness (QED) is 0.926. The molecule has 1 atom stereocenters. The Hall–Kier alpha value is -1.65. The number of hydrogen-bond donors (Lipinski definition) is 1. The Bertz CT molecular complexity index is 613. The third-order valence-corrected chi connectivity index (χ3v) is 4.49. The molecular formula is C17H19NO2S. The molecule has 110 valence electrons. The van der Waals surface area contributed by atoms with Crippen LogP contribution in [0.4, 0.5) is 0 Å². The van der Waals surface area contributed by atoms with E-state index in [0.717, 1.165) is 22.8 Å². The summed E-state index contributed by atoms with van der Waals surface area (Å²) in [5, 5.41) is 0. The Kier molecular flexibility index (Phi) is 4.36. The zero-order valence-corrected chi connectivity index (χ0v) is 12.9. The summed E-state index contributed by atoms with van der Waals surface area (Å²) in [6.45, 7) is 3.34. The van der Waals surface area contributed by atoms with Crippen molar-refractivity contribution in [3.05, 3.63) is 48.0 Å². The van der Waals surface area contributed by atoms with Crippen LogP contribution >= 0.6 is 11.8 Å². The molecule has 0 aromatic heterocycles. The van der Waals surface area contributed by atoms with Gasteiger partial charge in [0.15, 0.2) is 11.5 Å². The monoisotopic (exact) mass is 301 g/mol. The first-order valence-corrected chi connectivity index (χ1v) is 8.01. The molecule has 0 spiro atoms. The number of ether oxygens (including phenoxy) is 2. The van der Waals surface area contributed by atoms with Gasteiger partial charge in [-0.2, -0.15) is 0 Å². The van der Waals surface area contributed by atoms with Gasteiger partial charge in [0.05, 0.1) is 0 Å². The molecule has 1 heterocycles. The summed E-state index contributed by atoms with van der Waals surface area (Å²) in [6, 6.07) is 14.6. The van der Waals surface area contributed by atoms with E-state index in [4.69, 9.17) is 15.2 Å². The second kappa shape index (κ2) is 6.41. The summed E-state index contributed by atoms with van der Waals surface area (Å²) in [4.78, 5) is 2.34. The zero-order chi connectivity index (χ0) is 14.7. The molecule has 0 fully saturated rings. The molecule has 0 saturated carbocycles. The minimum absolute atomic E-state index is 0.123. The lowest BCUT2D eigenvalue weighted by atomic mass is 10.1. The number of hydrogen-bond acceptors (Lipinski definition) is 4. The molecule has 3 nitrogen and oxygen atoms in total. The predicted octanol–water partition coefficient (Wildman–Crippen LogP) is 4.02. The van der Waals surface area contributed by atoms with Crippen LogP contribution in [0.1, 0.15) is 24.9 Å². The van der Waals surface area contributed by atoms with Gasteiger partial charge < -0.3 is 15.2 Å². The molecular weight excluding hydrogens is 282 g/mol. The van der Waals surface area contributed by atoms with Crippen molar-refractivity contribution in [2.75, 3.05) is 13.2 Å². The molecule has 0 bridgehead atoms. The Balaban J connectivity index is 1.74. The minimum Gasteiger partial charge on any atom is -0.486 e. The average molecular weight is 301 g/mol. The van der Waals surface area contributed by atoms with Crippen LogP contribution < -0.4 is 15.2 Å². The molecule has 2 N–H and O–H groups in total. The third kappa shape index (κ3) is 3.34. The van der Waals surface area contributed by atoms with Gasteiger partial charge in [0.25, 0.3) is 0 Å². The van der Waals surface area contributed by atoms with Crippen LogP contribution in [0.5, 0.6) is 11.5 Å². The van der Waals surface area contributed by atoms with E-state index in [0.29, 0.717) is 13.2 Å². The van der Waals surface area contributed by atoms with E-state index >= 15 is 0 Å². The molecule has 0 radical (unpaired) electrons. The molecule has 0 amide bonds. The molecule has 1 aliphatic heterocycles. The van der Waals surface area contributed by atoms with Crippen molar-refractivity contribution >= 4 is 11.8 Å². The van der Waals surface area contributed by atoms with E-state index in [1.807, 2.05) is 12.1 Å². The van der Waals surface area contributed by atoms with Crippen LogP contribution in [0, 0.1) is 0 Å². The molecule has 4 heteroatoms. The Morgan fingerprint density at radius 1 is 1.00 bits per heavy atom. The minimum atomic E-state index is 0.123. The van der Waals surface area contributed by atoms with Crippen LogP contribution in [0.2, 0.25) is 0 Å². The van der Waals surface area contributed by atoms with Crippen molar-refractivity contribution in [1.29, 1.82) is 0 Å². The van der Waals surface area contributed by atoms with Gasteiger partial charge in [0.1, 0.15) is 13.2 Å². The standard InChI is InChI=1S/C17H19NO2S/c1-2-15(18)12-3-5-13(6-4-12)21-14-7-8-16-17(11-14)20-10-9-19-16/h3-8,11,15H,2,9-10,18H2,1H3/t15-/m0/s1. The highest BCUT2D eigenvalue weighted by Gasteiger charge is 2.12. The first-order valence-electron chi connectivity index (χ1n) is 7.19. The smallest absolute Gasteiger partial charge is 0.162 e. The fraction of sp³-hybridized carbons (Fsp3) is 0.294. The van der Waals surface area contributed by atoms with E-state index in [-0.39, 0.29) is 6.04 Å². The predicted molar refractivity (Wildman–Crippen MR) is 85.2 cm³/mol. The van der Waals surface area contributed by atoms with Crippen molar-refractivity contribution in [2.45, 2.75) is 29.2 Å². The van der Waals surface area contributed by atoms with E-state index in [2.05, 4.69) is 37.3 Å². The van der Waals surface area contributed by atoms with E-state index in [9.17, 15) is 0 Å². The molecule has 2 aromatic rings. The van der Waals surface area contributed by atoms with E-state index < -0.39 is 0 Å². The number of benzene rings is 2. The second-order valence-electron chi connectivity index (χ2n) is 4.99. The highest BCUT2D eigenvalue weighted by molar-refractivity contribution is 7.99. The van der Waals surface area contributed by atoms with Crippen molar-refractivity contribution in [3.8, 4) is 11.5 Å². The van der Waals surface area contributed by atoms with Crippen molar-refractivity contribution in [2.24, 2.45) is 5.73 Å². The summed E-state index contributed by atoms with van der Waals surface area (Å²) >= 11 is 1.71. The van der Waals surface area contributed by atoms with Gasteiger partial charge in [0.2, 0.25) is 0 Å². The SMILES string of the molecule is CC[C@H](N)c1ccc(Sc2ccc3c(c2)OCCO3)cc1. The molecule has 2 aromatic carbocycles. The van der Waals surface area contributed by atoms with Crippen LogP contribution in [-0.4, -0.2) is 13.2 Å². The highest BCUT2D eigenvalue weighted by atomic mass is 32.2. The second-order valence-corrected chi connectivity index (χ2v) is 6.14. The fourth-order valence-electron chi connectivity index (χ4n) is 2.24. The van der Waals surface area contributed by atoms with Gasteiger partial charge in [0, 0.05) is 15.8 Å². The molecule has 3 rings (SSSR count). The lowest BCUT2D eigenvalue weighted by Gasteiger charge is -2.18. The van der Waals surface area contributed by atoms with Crippen LogP contribution in [-0.2, 0) is 0 Å². The van der Waals surface area contributed by atoms with Gasteiger partial charge in [-0.25, -0.2) is 0 Å².